The van der Waals surface area contributed by atoms with Crippen molar-refractivity contribution in [3.05, 3.63) is 30.1 Å². The molecule has 2 N–H and O–H groups in total. The van der Waals surface area contributed by atoms with Crippen molar-refractivity contribution in [3.8, 4) is 12.3 Å². The highest BCUT2D eigenvalue weighted by Crippen LogP contribution is 2.76. The summed E-state index contributed by atoms with van der Waals surface area (Å²) in [5.74, 6) is 5.37. The summed E-state index contributed by atoms with van der Waals surface area (Å²) < 4.78 is 6.06. The third-order valence-electron chi connectivity index (χ3n) is 15.2. The lowest BCUT2D eigenvalue weighted by molar-refractivity contribution is -0.246. The van der Waals surface area contributed by atoms with Crippen molar-refractivity contribution in [1.29, 1.82) is 0 Å². The number of hydrogen-bond acceptors (Lipinski definition) is 5. The fourth-order valence-corrected chi connectivity index (χ4v) is 12.7. The number of methoxy groups -OCH3 is 1. The largest absolute Gasteiger partial charge is 0.483 e. The maximum absolute atomic E-state index is 14.0. The molecule has 0 saturated heterocycles. The number of terminal acetylenes is 1. The van der Waals surface area contributed by atoms with E-state index in [0.29, 0.717) is 46.5 Å². The Bertz CT molecular complexity index is 1370. The first-order valence-corrected chi connectivity index (χ1v) is 20.0. The van der Waals surface area contributed by atoms with Crippen LogP contribution in [0.2, 0.25) is 0 Å². The second kappa shape index (κ2) is 17.6. The summed E-state index contributed by atoms with van der Waals surface area (Å²) >= 11 is 0. The Labute approximate surface area is 316 Å². The third-order valence-corrected chi connectivity index (χ3v) is 15.2. The number of carboxylic acid groups (broad SMARTS) is 1. The molecule has 5 aliphatic carbocycles. The highest BCUT2D eigenvalue weighted by molar-refractivity contribution is 5.83. The Balaban J connectivity index is 0.000000486. The van der Waals surface area contributed by atoms with Crippen molar-refractivity contribution in [2.75, 3.05) is 13.7 Å². The SMILES string of the molecule is C#CC.CC(C)(C)CC=O.COC1CCC2(C)C(CCC3(C)C2CCC2C4CCCC4(C(=O)NCCc4cccnc4)CC[C@]23C)C1(C)C.O=CO. The van der Waals surface area contributed by atoms with Crippen LogP contribution < -0.4 is 5.32 Å². The van der Waals surface area contributed by atoms with Gasteiger partial charge in [0, 0.05) is 32.5 Å². The molecule has 0 aliphatic heterocycles. The van der Waals surface area contributed by atoms with Gasteiger partial charge in [0.15, 0.2) is 0 Å². The predicted octanol–water partition coefficient (Wildman–Crippen LogP) is 9.57. The zero-order valence-corrected chi connectivity index (χ0v) is 34.4. The number of nitrogens with one attached hydrogen (secondary N) is 1. The van der Waals surface area contributed by atoms with Crippen molar-refractivity contribution in [2.24, 2.45) is 56.2 Å². The monoisotopic (exact) mass is 721 g/mol. The Morgan fingerprint density at radius 3 is 2.21 bits per heavy atom. The van der Waals surface area contributed by atoms with E-state index in [4.69, 9.17) is 14.6 Å². The molecule has 9 atom stereocenters. The first-order valence-electron chi connectivity index (χ1n) is 20.0. The zero-order valence-electron chi connectivity index (χ0n) is 34.4. The molecule has 5 fully saturated rings. The lowest BCUT2D eigenvalue weighted by Gasteiger charge is -2.72. The van der Waals surface area contributed by atoms with Gasteiger partial charge in [0.05, 0.1) is 11.5 Å². The fourth-order valence-electron chi connectivity index (χ4n) is 12.7. The lowest BCUT2D eigenvalue weighted by atomic mass is 9.32. The van der Waals surface area contributed by atoms with Crippen LogP contribution in [-0.4, -0.2) is 48.5 Å². The van der Waals surface area contributed by atoms with Crippen molar-refractivity contribution < 1.29 is 24.2 Å². The van der Waals surface area contributed by atoms with Gasteiger partial charge in [-0.3, -0.25) is 14.6 Å². The van der Waals surface area contributed by atoms with Crippen LogP contribution in [0.15, 0.2) is 24.5 Å². The minimum atomic E-state index is -0.250. The highest BCUT2D eigenvalue weighted by Gasteiger charge is 2.70. The molecule has 7 nitrogen and oxygen atoms in total. The van der Waals surface area contributed by atoms with Crippen LogP contribution in [0.25, 0.3) is 0 Å². The van der Waals surface area contributed by atoms with Gasteiger partial charge >= 0.3 is 0 Å². The second-order valence-corrected chi connectivity index (χ2v) is 19.1. The summed E-state index contributed by atoms with van der Waals surface area (Å²) in [4.78, 5) is 36.4. The molecule has 52 heavy (non-hydrogen) atoms. The maximum atomic E-state index is 14.0. The number of aromatic nitrogens is 1. The second-order valence-electron chi connectivity index (χ2n) is 19.1. The van der Waals surface area contributed by atoms with E-state index in [1.54, 1.807) is 6.92 Å². The molecule has 1 amide bonds. The van der Waals surface area contributed by atoms with Crippen LogP contribution in [0.4, 0.5) is 0 Å². The minimum absolute atomic E-state index is 0.137. The number of amides is 1. The van der Waals surface area contributed by atoms with Crippen molar-refractivity contribution in [1.82, 2.24) is 10.3 Å². The maximum Gasteiger partial charge on any atom is 0.290 e. The van der Waals surface area contributed by atoms with Gasteiger partial charge in [-0.2, -0.15) is 0 Å². The number of pyridine rings is 1. The molecular weight excluding hydrogens is 649 g/mol. The molecule has 0 spiro atoms. The van der Waals surface area contributed by atoms with Crippen LogP contribution in [0.1, 0.15) is 145 Å². The van der Waals surface area contributed by atoms with Gasteiger partial charge in [0.2, 0.25) is 5.91 Å². The van der Waals surface area contributed by atoms with Crippen LogP contribution in [-0.2, 0) is 25.5 Å². The molecule has 1 heterocycles. The van der Waals surface area contributed by atoms with E-state index in [0.717, 1.165) is 43.9 Å². The Kier molecular flexibility index (Phi) is 14.8. The fraction of sp³-hybridized carbons (Fsp3) is 0.778. The molecule has 0 radical (unpaired) electrons. The quantitative estimate of drug-likeness (QED) is 0.224. The molecule has 0 aromatic carbocycles. The molecule has 1 aromatic heterocycles. The van der Waals surface area contributed by atoms with Gasteiger partial charge in [-0.05, 0) is 140 Å². The standard InChI is InChI=1S/C35H54N2O2.C6H12O.C3H4.CH2O2/c1-31(2)27-13-18-34(5)28(32(27,3)17-14-29(31)39-6)12-11-25-26-10-7-16-35(26,20-19-33(25,34)4)30(38)37-22-15-24-9-8-21-36-23-24;1-6(2,3)4-5-7;1-3-2;2-1-3/h8-9,21,23,25-29H,7,10-20,22H2,1-6H3,(H,37,38);5H,4H2,1-3H3;1H,2H3;1H,(H,2,3)/t25?,26?,27?,28?,29?,32?,33-,34?,35?;;;/m1.../s1. The van der Waals surface area contributed by atoms with Gasteiger partial charge < -0.3 is 20.0 Å². The number of ether oxygens (including phenoxy) is 1. The van der Waals surface area contributed by atoms with Gasteiger partial charge in [0.25, 0.3) is 6.47 Å². The smallest absolute Gasteiger partial charge is 0.290 e. The molecule has 6 rings (SSSR count). The van der Waals surface area contributed by atoms with E-state index in [-0.39, 0.29) is 22.7 Å². The van der Waals surface area contributed by atoms with Crippen molar-refractivity contribution in [2.45, 2.75) is 152 Å². The molecular formula is C45H72N2O5. The number of aldehydes is 1. The van der Waals surface area contributed by atoms with Gasteiger partial charge in [-0.1, -0.05) is 67.9 Å². The van der Waals surface area contributed by atoms with Crippen LogP contribution in [0.3, 0.4) is 0 Å². The van der Waals surface area contributed by atoms with Crippen LogP contribution >= 0.6 is 0 Å². The lowest BCUT2D eigenvalue weighted by Crippen LogP contribution is -2.67. The molecule has 8 unspecified atom stereocenters. The van der Waals surface area contributed by atoms with Crippen molar-refractivity contribution in [3.63, 3.8) is 0 Å². The topological polar surface area (TPSA) is 106 Å². The average molecular weight is 721 g/mol. The number of nitrogens with zero attached hydrogens (tertiary/aromatic N) is 1. The Hall–Kier alpha value is -2.72. The van der Waals surface area contributed by atoms with E-state index in [2.05, 4.69) is 63.3 Å². The summed E-state index contributed by atoms with van der Waals surface area (Å²) in [6.07, 6.45) is 25.0. The van der Waals surface area contributed by atoms with Crippen molar-refractivity contribution >= 4 is 18.7 Å². The summed E-state index contributed by atoms with van der Waals surface area (Å²) in [6, 6.07) is 4.10. The first kappa shape index (κ1) is 43.7. The number of carbonyl (C=O) groups is 3. The predicted molar refractivity (Wildman–Crippen MR) is 210 cm³/mol. The van der Waals surface area contributed by atoms with E-state index < -0.39 is 0 Å². The van der Waals surface area contributed by atoms with Gasteiger partial charge in [0.1, 0.15) is 6.29 Å². The van der Waals surface area contributed by atoms with Crippen LogP contribution in [0.5, 0.6) is 0 Å². The Morgan fingerprint density at radius 1 is 0.981 bits per heavy atom. The average Bonchev–Trinajstić information content (AvgIpc) is 3.52. The molecule has 5 aliphatic rings. The van der Waals surface area contributed by atoms with E-state index >= 15 is 0 Å². The highest BCUT2D eigenvalue weighted by atomic mass is 16.5. The molecule has 1 aromatic rings. The normalized spacial score (nSPS) is 36.7. The summed E-state index contributed by atoms with van der Waals surface area (Å²) in [5, 5.41) is 10.3. The number of fused-ring (bicyclic) bond motifs is 7. The van der Waals surface area contributed by atoms with E-state index in [1.807, 2.05) is 46.3 Å². The molecule has 292 valence electrons. The first-order chi connectivity index (χ1) is 24.4. The minimum Gasteiger partial charge on any atom is -0.483 e. The number of rotatable bonds is 6. The summed E-state index contributed by atoms with van der Waals surface area (Å²) in [6.45, 7) is 21.3. The third kappa shape index (κ3) is 8.48. The zero-order chi connectivity index (χ0) is 39.0. The summed E-state index contributed by atoms with van der Waals surface area (Å²) in [5.41, 5.74) is 2.58. The van der Waals surface area contributed by atoms with E-state index in [9.17, 15) is 9.59 Å². The van der Waals surface area contributed by atoms with Gasteiger partial charge in [-0.25, -0.2) is 0 Å². The Morgan fingerprint density at radius 2 is 1.65 bits per heavy atom. The van der Waals surface area contributed by atoms with Gasteiger partial charge in [-0.15, -0.1) is 12.3 Å². The van der Waals surface area contributed by atoms with Crippen LogP contribution in [0, 0.1) is 68.5 Å². The molecule has 7 heteroatoms. The number of hydrogen-bond donors (Lipinski definition) is 2. The molecule has 0 bridgehead atoms. The summed E-state index contributed by atoms with van der Waals surface area (Å²) in [7, 11) is 1.93. The number of carbonyl (C=O) groups excluding carboxylic acids is 2. The van der Waals surface area contributed by atoms with E-state index in [1.165, 1.54) is 63.4 Å². The molecule has 5 saturated carbocycles.